The molecule has 4 amide bonds. The molecule has 0 bridgehead atoms. The van der Waals surface area contributed by atoms with E-state index in [1.54, 1.807) is 16.7 Å². The van der Waals surface area contributed by atoms with Crippen molar-refractivity contribution in [3.8, 4) is 0 Å². The molecule has 32 heavy (non-hydrogen) atoms. The van der Waals surface area contributed by atoms with Crippen molar-refractivity contribution in [1.82, 2.24) is 20.5 Å². The molecule has 4 rings (SSSR count). The van der Waals surface area contributed by atoms with Gasteiger partial charge in [0, 0.05) is 29.2 Å². The minimum absolute atomic E-state index is 0.0246. The van der Waals surface area contributed by atoms with Gasteiger partial charge in [0.05, 0.1) is 0 Å². The predicted octanol–water partition coefficient (Wildman–Crippen LogP) is 3.09. The number of carbonyl (C=O) groups is 3. The summed E-state index contributed by atoms with van der Waals surface area (Å²) in [4.78, 5) is 40.7. The number of amides is 4. The van der Waals surface area contributed by atoms with Crippen LogP contribution in [-0.4, -0.2) is 46.1 Å². The average molecular weight is 448 g/mol. The Morgan fingerprint density at radius 3 is 2.50 bits per heavy atom. The lowest BCUT2D eigenvalue weighted by atomic mass is 10.1. The minimum Gasteiger partial charge on any atom is -0.361 e. The fraction of sp³-hybridized carbons (Fsp3) is 0.190. The second-order valence-corrected chi connectivity index (χ2v) is 7.21. The number of fused-ring (bicyclic) bond motifs is 1. The van der Waals surface area contributed by atoms with Crippen molar-refractivity contribution >= 4 is 28.7 Å². The molecular formula is C21H16F4N4O3. The quantitative estimate of drug-likeness (QED) is 0.414. The van der Waals surface area contributed by atoms with Gasteiger partial charge >= 0.3 is 12.2 Å². The summed E-state index contributed by atoms with van der Waals surface area (Å²) in [5.41, 5.74) is -2.60. The van der Waals surface area contributed by atoms with Crippen LogP contribution in [0.5, 0.6) is 0 Å². The highest BCUT2D eigenvalue weighted by Gasteiger charge is 2.68. The van der Waals surface area contributed by atoms with Gasteiger partial charge in [-0.1, -0.05) is 18.2 Å². The normalized spacial score (nSPS) is 18.8. The van der Waals surface area contributed by atoms with Gasteiger partial charge in [-0.25, -0.2) is 9.18 Å². The number of alkyl halides is 3. The van der Waals surface area contributed by atoms with Crippen molar-refractivity contribution < 1.29 is 31.9 Å². The number of aromatic nitrogens is 1. The standard InChI is InChI=1S/C21H16F4N4O3/c22-14-6-7-16-15(10-14)13(11-26-16)8-9-29-18(31)20(21(23,24)25,28-19(29)32)27-17(30)12-4-2-1-3-5-12/h1-7,10-11,26H,8-9H2,(H,27,30)(H,28,32)/t20-/m1/s1. The van der Waals surface area contributed by atoms with Gasteiger partial charge in [-0.2, -0.15) is 13.2 Å². The zero-order chi connectivity index (χ0) is 23.1. The summed E-state index contributed by atoms with van der Waals surface area (Å²) in [6.07, 6.45) is -3.80. The highest BCUT2D eigenvalue weighted by molar-refractivity contribution is 6.10. The summed E-state index contributed by atoms with van der Waals surface area (Å²) in [6.45, 7) is -0.410. The van der Waals surface area contributed by atoms with Crippen LogP contribution in [0.15, 0.2) is 54.7 Å². The molecule has 1 fully saturated rings. The van der Waals surface area contributed by atoms with Crippen LogP contribution < -0.4 is 10.6 Å². The van der Waals surface area contributed by atoms with Crippen molar-refractivity contribution in [3.05, 3.63) is 71.7 Å². The van der Waals surface area contributed by atoms with Crippen molar-refractivity contribution in [2.45, 2.75) is 18.3 Å². The van der Waals surface area contributed by atoms with Gasteiger partial charge in [0.15, 0.2) is 0 Å². The van der Waals surface area contributed by atoms with Crippen molar-refractivity contribution in [2.75, 3.05) is 6.54 Å². The van der Waals surface area contributed by atoms with E-state index in [4.69, 9.17) is 0 Å². The average Bonchev–Trinajstić information content (AvgIpc) is 3.25. The smallest absolute Gasteiger partial charge is 0.361 e. The number of aromatic amines is 1. The Morgan fingerprint density at radius 2 is 1.81 bits per heavy atom. The molecule has 3 N–H and O–H groups in total. The van der Waals surface area contributed by atoms with Gasteiger partial charge in [-0.15, -0.1) is 0 Å². The van der Waals surface area contributed by atoms with Crippen LogP contribution in [0.2, 0.25) is 0 Å². The summed E-state index contributed by atoms with van der Waals surface area (Å²) >= 11 is 0. The molecule has 1 aromatic heterocycles. The van der Waals surface area contributed by atoms with Crippen molar-refractivity contribution in [1.29, 1.82) is 0 Å². The molecule has 0 aliphatic carbocycles. The molecule has 166 valence electrons. The minimum atomic E-state index is -5.30. The number of carbonyl (C=O) groups excluding carboxylic acids is 3. The maximum Gasteiger partial charge on any atom is 0.440 e. The number of nitrogens with zero attached hydrogens (tertiary/aromatic N) is 1. The molecular weight excluding hydrogens is 432 g/mol. The number of nitrogens with one attached hydrogen (secondary N) is 3. The third kappa shape index (κ3) is 3.55. The van der Waals surface area contributed by atoms with Crippen molar-refractivity contribution in [2.24, 2.45) is 0 Å². The number of hydrogen-bond donors (Lipinski definition) is 3. The Morgan fingerprint density at radius 1 is 1.09 bits per heavy atom. The summed E-state index contributed by atoms with van der Waals surface area (Å²) in [5, 5.41) is 3.73. The molecule has 0 radical (unpaired) electrons. The Balaban J connectivity index is 1.58. The molecule has 1 saturated heterocycles. The lowest BCUT2D eigenvalue weighted by molar-refractivity contribution is -0.200. The van der Waals surface area contributed by atoms with Crippen LogP contribution in [0, 0.1) is 5.82 Å². The number of imide groups is 1. The second-order valence-electron chi connectivity index (χ2n) is 7.21. The van der Waals surface area contributed by atoms with E-state index < -0.39 is 42.0 Å². The number of benzene rings is 2. The molecule has 0 unspecified atom stereocenters. The molecule has 1 atom stereocenters. The largest absolute Gasteiger partial charge is 0.440 e. The number of hydrogen-bond acceptors (Lipinski definition) is 3. The molecule has 7 nitrogen and oxygen atoms in total. The lowest BCUT2D eigenvalue weighted by Gasteiger charge is -2.29. The van der Waals surface area contributed by atoms with Gasteiger partial charge in [-0.3, -0.25) is 19.8 Å². The van der Waals surface area contributed by atoms with Crippen LogP contribution in [0.1, 0.15) is 15.9 Å². The molecule has 2 aromatic carbocycles. The Labute approximate surface area is 178 Å². The van der Waals surface area contributed by atoms with E-state index in [9.17, 15) is 31.9 Å². The van der Waals surface area contributed by atoms with Gasteiger partial charge in [0.25, 0.3) is 17.5 Å². The van der Waals surface area contributed by atoms with Crippen LogP contribution in [0.25, 0.3) is 10.9 Å². The van der Waals surface area contributed by atoms with Crippen LogP contribution in [0.4, 0.5) is 22.4 Å². The molecule has 11 heteroatoms. The summed E-state index contributed by atoms with van der Waals surface area (Å²) < 4.78 is 55.3. The van der Waals surface area contributed by atoms with Crippen molar-refractivity contribution in [3.63, 3.8) is 0 Å². The number of halogens is 4. The van der Waals surface area contributed by atoms with Crippen LogP contribution >= 0.6 is 0 Å². The molecule has 3 aromatic rings. The number of urea groups is 1. The van der Waals surface area contributed by atoms with Gasteiger partial charge in [-0.05, 0) is 42.3 Å². The van der Waals surface area contributed by atoms with E-state index in [-0.39, 0.29) is 12.0 Å². The van der Waals surface area contributed by atoms with E-state index in [1.165, 1.54) is 48.7 Å². The molecule has 0 saturated carbocycles. The Kier molecular flexibility index (Phi) is 5.11. The SMILES string of the molecule is O=C(N[C@@]1(C(F)(F)F)NC(=O)N(CCc2c[nH]c3ccc(F)cc23)C1=O)c1ccccc1. The van der Waals surface area contributed by atoms with E-state index in [0.29, 0.717) is 21.4 Å². The van der Waals surface area contributed by atoms with E-state index in [0.717, 1.165) is 0 Å². The summed E-state index contributed by atoms with van der Waals surface area (Å²) in [7, 11) is 0. The highest BCUT2D eigenvalue weighted by atomic mass is 19.4. The monoisotopic (exact) mass is 448 g/mol. The highest BCUT2D eigenvalue weighted by Crippen LogP contribution is 2.34. The van der Waals surface area contributed by atoms with Gasteiger partial charge in [0.2, 0.25) is 0 Å². The molecule has 0 spiro atoms. The maximum atomic E-state index is 13.9. The second kappa shape index (κ2) is 7.66. The fourth-order valence-electron chi connectivity index (χ4n) is 3.55. The van der Waals surface area contributed by atoms with Crippen LogP contribution in [0.3, 0.4) is 0 Å². The fourth-order valence-corrected chi connectivity index (χ4v) is 3.55. The first-order valence-electron chi connectivity index (χ1n) is 9.46. The molecule has 1 aliphatic heterocycles. The zero-order valence-corrected chi connectivity index (χ0v) is 16.3. The number of rotatable bonds is 5. The summed E-state index contributed by atoms with van der Waals surface area (Å²) in [5.74, 6) is -3.33. The topological polar surface area (TPSA) is 94.3 Å². The van der Waals surface area contributed by atoms with E-state index in [1.807, 2.05) is 0 Å². The Hall–Kier alpha value is -3.89. The van der Waals surface area contributed by atoms with E-state index >= 15 is 0 Å². The third-order valence-electron chi connectivity index (χ3n) is 5.20. The third-order valence-corrected chi connectivity index (χ3v) is 5.20. The number of H-pyrrole nitrogens is 1. The zero-order valence-electron chi connectivity index (χ0n) is 16.3. The Bertz CT molecular complexity index is 1210. The first kappa shape index (κ1) is 21.3. The van der Waals surface area contributed by atoms with Gasteiger partial charge < -0.3 is 10.3 Å². The first-order chi connectivity index (χ1) is 15.1. The lowest BCUT2D eigenvalue weighted by Crippen LogP contribution is -2.69. The maximum absolute atomic E-state index is 13.9. The molecule has 2 heterocycles. The predicted molar refractivity (Wildman–Crippen MR) is 105 cm³/mol. The molecule has 1 aliphatic rings. The van der Waals surface area contributed by atoms with E-state index in [2.05, 4.69) is 4.98 Å². The summed E-state index contributed by atoms with van der Waals surface area (Å²) in [6, 6.07) is 9.68. The van der Waals surface area contributed by atoms with Gasteiger partial charge in [0.1, 0.15) is 5.82 Å². The van der Waals surface area contributed by atoms with Crippen LogP contribution in [-0.2, 0) is 11.2 Å². The first-order valence-corrected chi connectivity index (χ1v) is 9.46.